The topological polar surface area (TPSA) is 55.6 Å². The summed E-state index contributed by atoms with van der Waals surface area (Å²) in [5.74, 6) is -0.0329. The van der Waals surface area contributed by atoms with Gasteiger partial charge in [-0.3, -0.25) is 4.79 Å². The zero-order chi connectivity index (χ0) is 13.2. The van der Waals surface area contributed by atoms with Gasteiger partial charge < -0.3 is 15.4 Å². The molecule has 1 saturated heterocycles. The SMILES string of the molecule is CC1(C)COCCN1C(=O)[C@H](N)c1ccccc1. The molecule has 0 radical (unpaired) electrons. The van der Waals surface area contributed by atoms with Crippen LogP contribution in [0.3, 0.4) is 0 Å². The third-order valence-electron chi connectivity index (χ3n) is 3.34. The molecule has 0 saturated carbocycles. The van der Waals surface area contributed by atoms with Crippen LogP contribution in [0.25, 0.3) is 0 Å². The Kier molecular flexibility index (Phi) is 3.68. The molecule has 98 valence electrons. The van der Waals surface area contributed by atoms with Crippen molar-refractivity contribution in [2.24, 2.45) is 5.73 Å². The number of ether oxygens (including phenoxy) is 1. The number of hydrogen-bond acceptors (Lipinski definition) is 3. The predicted molar refractivity (Wildman–Crippen MR) is 70.0 cm³/mol. The Morgan fingerprint density at radius 3 is 2.67 bits per heavy atom. The first kappa shape index (κ1) is 13.1. The molecular formula is C14H20N2O2. The van der Waals surface area contributed by atoms with Crippen LogP contribution in [-0.2, 0) is 9.53 Å². The minimum absolute atomic E-state index is 0.0329. The molecule has 1 amide bonds. The van der Waals surface area contributed by atoms with Crippen molar-refractivity contribution in [3.05, 3.63) is 35.9 Å². The van der Waals surface area contributed by atoms with Gasteiger partial charge in [0.2, 0.25) is 5.91 Å². The van der Waals surface area contributed by atoms with Gasteiger partial charge in [0.1, 0.15) is 6.04 Å². The smallest absolute Gasteiger partial charge is 0.244 e. The van der Waals surface area contributed by atoms with E-state index in [9.17, 15) is 4.79 Å². The number of morpholine rings is 1. The number of amides is 1. The number of carbonyl (C=O) groups is 1. The highest BCUT2D eigenvalue weighted by Crippen LogP contribution is 2.23. The van der Waals surface area contributed by atoms with E-state index >= 15 is 0 Å². The molecule has 2 N–H and O–H groups in total. The summed E-state index contributed by atoms with van der Waals surface area (Å²) in [5, 5.41) is 0. The van der Waals surface area contributed by atoms with Crippen LogP contribution in [-0.4, -0.2) is 36.1 Å². The largest absolute Gasteiger partial charge is 0.377 e. The Morgan fingerprint density at radius 1 is 1.39 bits per heavy atom. The van der Waals surface area contributed by atoms with E-state index in [-0.39, 0.29) is 11.4 Å². The maximum absolute atomic E-state index is 12.5. The number of hydrogen-bond donors (Lipinski definition) is 1. The number of benzene rings is 1. The lowest BCUT2D eigenvalue weighted by molar-refractivity contribution is -0.147. The van der Waals surface area contributed by atoms with E-state index in [0.717, 1.165) is 5.56 Å². The van der Waals surface area contributed by atoms with E-state index in [2.05, 4.69) is 0 Å². The van der Waals surface area contributed by atoms with E-state index in [4.69, 9.17) is 10.5 Å². The Bertz CT molecular complexity index is 417. The summed E-state index contributed by atoms with van der Waals surface area (Å²) < 4.78 is 5.42. The Balaban J connectivity index is 2.16. The molecule has 1 aliphatic heterocycles. The lowest BCUT2D eigenvalue weighted by Gasteiger charge is -2.43. The minimum Gasteiger partial charge on any atom is -0.377 e. The fourth-order valence-electron chi connectivity index (χ4n) is 2.24. The van der Waals surface area contributed by atoms with Crippen molar-refractivity contribution < 1.29 is 9.53 Å². The van der Waals surface area contributed by atoms with Crippen molar-refractivity contribution in [2.45, 2.75) is 25.4 Å². The van der Waals surface area contributed by atoms with Crippen LogP contribution >= 0.6 is 0 Å². The molecule has 1 atom stereocenters. The average Bonchev–Trinajstić information content (AvgIpc) is 2.37. The molecule has 18 heavy (non-hydrogen) atoms. The highest BCUT2D eigenvalue weighted by Gasteiger charge is 2.36. The summed E-state index contributed by atoms with van der Waals surface area (Å²) >= 11 is 0. The number of nitrogens with two attached hydrogens (primary N) is 1. The lowest BCUT2D eigenvalue weighted by atomic mass is 9.99. The maximum atomic E-state index is 12.5. The summed E-state index contributed by atoms with van der Waals surface area (Å²) in [6.45, 7) is 5.74. The number of carbonyl (C=O) groups excluding carboxylic acids is 1. The summed E-state index contributed by atoms with van der Waals surface area (Å²) in [6, 6.07) is 8.88. The Hall–Kier alpha value is -1.39. The molecular weight excluding hydrogens is 228 g/mol. The molecule has 0 aromatic heterocycles. The fourth-order valence-corrected chi connectivity index (χ4v) is 2.24. The van der Waals surface area contributed by atoms with E-state index in [0.29, 0.717) is 19.8 Å². The van der Waals surface area contributed by atoms with Crippen molar-refractivity contribution >= 4 is 5.91 Å². The van der Waals surface area contributed by atoms with Gasteiger partial charge in [-0.25, -0.2) is 0 Å². The van der Waals surface area contributed by atoms with Crippen LogP contribution in [0, 0.1) is 0 Å². The van der Waals surface area contributed by atoms with Crippen LogP contribution in [0.1, 0.15) is 25.5 Å². The zero-order valence-corrected chi connectivity index (χ0v) is 10.9. The molecule has 0 bridgehead atoms. The van der Waals surface area contributed by atoms with Crippen molar-refractivity contribution in [2.75, 3.05) is 19.8 Å². The molecule has 0 aliphatic carbocycles. The van der Waals surface area contributed by atoms with Gasteiger partial charge >= 0.3 is 0 Å². The number of nitrogens with zero attached hydrogens (tertiary/aromatic N) is 1. The molecule has 4 nitrogen and oxygen atoms in total. The van der Waals surface area contributed by atoms with Crippen LogP contribution in [0.5, 0.6) is 0 Å². The summed E-state index contributed by atoms with van der Waals surface area (Å²) in [6.07, 6.45) is 0. The van der Waals surface area contributed by atoms with Crippen molar-refractivity contribution in [3.63, 3.8) is 0 Å². The zero-order valence-electron chi connectivity index (χ0n) is 10.9. The van der Waals surface area contributed by atoms with Gasteiger partial charge in [-0.1, -0.05) is 30.3 Å². The van der Waals surface area contributed by atoms with Crippen molar-refractivity contribution in [1.82, 2.24) is 4.90 Å². The van der Waals surface area contributed by atoms with Gasteiger partial charge in [-0.05, 0) is 19.4 Å². The van der Waals surface area contributed by atoms with Gasteiger partial charge in [0.25, 0.3) is 0 Å². The summed E-state index contributed by atoms with van der Waals surface area (Å²) in [7, 11) is 0. The van der Waals surface area contributed by atoms with E-state index < -0.39 is 6.04 Å². The van der Waals surface area contributed by atoms with Crippen LogP contribution < -0.4 is 5.73 Å². The van der Waals surface area contributed by atoms with Crippen LogP contribution in [0.15, 0.2) is 30.3 Å². The van der Waals surface area contributed by atoms with Gasteiger partial charge in [-0.2, -0.15) is 0 Å². The van der Waals surface area contributed by atoms with E-state index in [1.807, 2.05) is 49.1 Å². The van der Waals surface area contributed by atoms with E-state index in [1.54, 1.807) is 0 Å². The highest BCUT2D eigenvalue weighted by atomic mass is 16.5. The fraction of sp³-hybridized carbons (Fsp3) is 0.500. The molecule has 0 spiro atoms. The molecule has 0 unspecified atom stereocenters. The van der Waals surface area contributed by atoms with Crippen molar-refractivity contribution in [3.8, 4) is 0 Å². The quantitative estimate of drug-likeness (QED) is 0.859. The second kappa shape index (κ2) is 5.08. The average molecular weight is 248 g/mol. The monoisotopic (exact) mass is 248 g/mol. The Morgan fingerprint density at radius 2 is 2.06 bits per heavy atom. The standard InChI is InChI=1S/C14H20N2O2/c1-14(2)10-18-9-8-16(14)13(17)12(15)11-6-4-3-5-7-11/h3-7,12H,8-10,15H2,1-2H3/t12-/m1/s1. The molecule has 1 aromatic rings. The highest BCUT2D eigenvalue weighted by molar-refractivity contribution is 5.83. The predicted octanol–water partition coefficient (Wildman–Crippen LogP) is 1.32. The van der Waals surface area contributed by atoms with Gasteiger partial charge in [0.15, 0.2) is 0 Å². The molecule has 1 fully saturated rings. The maximum Gasteiger partial charge on any atom is 0.244 e. The first-order valence-corrected chi connectivity index (χ1v) is 6.22. The molecule has 1 aromatic carbocycles. The van der Waals surface area contributed by atoms with Gasteiger partial charge in [0, 0.05) is 6.54 Å². The van der Waals surface area contributed by atoms with Gasteiger partial charge in [0.05, 0.1) is 18.8 Å². The minimum atomic E-state index is -0.594. The third-order valence-corrected chi connectivity index (χ3v) is 3.34. The summed E-state index contributed by atoms with van der Waals surface area (Å²) in [5.41, 5.74) is 6.62. The van der Waals surface area contributed by atoms with Crippen LogP contribution in [0.2, 0.25) is 0 Å². The Labute approximate surface area is 108 Å². The number of rotatable bonds is 2. The molecule has 2 rings (SSSR count). The second-order valence-corrected chi connectivity index (χ2v) is 5.24. The molecule has 1 aliphatic rings. The first-order valence-electron chi connectivity index (χ1n) is 6.22. The van der Waals surface area contributed by atoms with Crippen molar-refractivity contribution in [1.29, 1.82) is 0 Å². The molecule has 4 heteroatoms. The molecule has 1 heterocycles. The first-order chi connectivity index (χ1) is 8.52. The third kappa shape index (κ3) is 2.54. The van der Waals surface area contributed by atoms with Crippen LogP contribution in [0.4, 0.5) is 0 Å². The lowest BCUT2D eigenvalue weighted by Crippen LogP contribution is -2.57. The van der Waals surface area contributed by atoms with E-state index in [1.165, 1.54) is 0 Å². The second-order valence-electron chi connectivity index (χ2n) is 5.24. The normalized spacial score (nSPS) is 20.5. The van der Waals surface area contributed by atoms with Gasteiger partial charge in [-0.15, -0.1) is 0 Å². The summed E-state index contributed by atoms with van der Waals surface area (Å²) in [4.78, 5) is 14.3.